The van der Waals surface area contributed by atoms with Gasteiger partial charge in [0.05, 0.1) is 6.10 Å². The number of fused-ring (bicyclic) bond motifs is 5. The van der Waals surface area contributed by atoms with Crippen LogP contribution in [0.3, 0.4) is 0 Å². The van der Waals surface area contributed by atoms with Crippen molar-refractivity contribution in [1.82, 2.24) is 0 Å². The van der Waals surface area contributed by atoms with Crippen molar-refractivity contribution in [1.29, 1.82) is 0 Å². The summed E-state index contributed by atoms with van der Waals surface area (Å²) < 4.78 is 32.9. The summed E-state index contributed by atoms with van der Waals surface area (Å²) in [5.41, 5.74) is -0.353. The maximum absolute atomic E-state index is 12.3. The second-order valence-corrected chi connectivity index (χ2v) is 12.3. The summed E-state index contributed by atoms with van der Waals surface area (Å²) in [4.78, 5) is 27.9. The number of allylic oxidation sites excluding steroid dienone is 1. The van der Waals surface area contributed by atoms with Crippen molar-refractivity contribution < 1.29 is 32.6 Å². The van der Waals surface area contributed by atoms with Crippen molar-refractivity contribution in [3.05, 3.63) is 12.2 Å². The van der Waals surface area contributed by atoms with Crippen LogP contribution < -0.4 is 0 Å². The van der Waals surface area contributed by atoms with Crippen molar-refractivity contribution in [2.75, 3.05) is 0 Å². The van der Waals surface area contributed by atoms with Crippen molar-refractivity contribution in [3.8, 4) is 0 Å². The fourth-order valence-electron chi connectivity index (χ4n) is 7.43. The molecule has 29 heavy (non-hydrogen) atoms. The number of phosphoric ester groups is 1. The number of phosphoric acid groups is 2. The quantitative estimate of drug-likeness (QED) is 0.379. The Labute approximate surface area is 173 Å². The minimum Gasteiger partial charge on any atom is -0.302 e. The Hall–Kier alpha value is 0.0000000000000000555. The van der Waals surface area contributed by atoms with E-state index in [0.717, 1.165) is 37.0 Å². The summed E-state index contributed by atoms with van der Waals surface area (Å²) in [5, 5.41) is 0. The van der Waals surface area contributed by atoms with Gasteiger partial charge in [0.2, 0.25) is 0 Å². The number of rotatable bonds is 6. The molecule has 4 rings (SSSR count). The summed E-state index contributed by atoms with van der Waals surface area (Å²) >= 11 is 0. The lowest BCUT2D eigenvalue weighted by atomic mass is 9.49. The molecule has 0 saturated heterocycles. The zero-order valence-electron chi connectivity index (χ0n) is 17.1. The first kappa shape index (κ1) is 22.2. The maximum Gasteiger partial charge on any atom is 0.481 e. The van der Waals surface area contributed by atoms with E-state index in [9.17, 15) is 14.0 Å². The van der Waals surface area contributed by atoms with Gasteiger partial charge in [0.15, 0.2) is 0 Å². The zero-order valence-corrected chi connectivity index (χ0v) is 18.8. The molecule has 0 heterocycles. The molecule has 0 aliphatic heterocycles. The van der Waals surface area contributed by atoms with Gasteiger partial charge >= 0.3 is 15.6 Å². The first-order valence-electron chi connectivity index (χ1n) is 11.1. The molecule has 3 N–H and O–H groups in total. The molecule has 9 heteroatoms. The Balaban J connectivity index is 1.56. The van der Waals surface area contributed by atoms with Crippen LogP contribution in [0.1, 0.15) is 71.1 Å². The molecule has 0 amide bonds. The van der Waals surface area contributed by atoms with Crippen molar-refractivity contribution >= 4 is 15.6 Å². The van der Waals surface area contributed by atoms with Crippen molar-refractivity contribution in [3.63, 3.8) is 0 Å². The van der Waals surface area contributed by atoms with Crippen molar-refractivity contribution in [2.24, 2.45) is 35.0 Å². The van der Waals surface area contributed by atoms with E-state index >= 15 is 0 Å². The van der Waals surface area contributed by atoms with Gasteiger partial charge < -0.3 is 14.7 Å². The first-order valence-corrected chi connectivity index (χ1v) is 14.1. The van der Waals surface area contributed by atoms with E-state index in [-0.39, 0.29) is 5.41 Å². The second kappa shape index (κ2) is 8.16. The largest absolute Gasteiger partial charge is 0.481 e. The minimum atomic E-state index is -5.12. The van der Waals surface area contributed by atoms with Gasteiger partial charge in [-0.25, -0.2) is 9.13 Å². The van der Waals surface area contributed by atoms with Crippen LogP contribution in [0.5, 0.6) is 0 Å². The van der Waals surface area contributed by atoms with Crippen LogP contribution in [0.2, 0.25) is 0 Å². The van der Waals surface area contributed by atoms with Crippen LogP contribution in [-0.2, 0) is 18.0 Å². The van der Waals surface area contributed by atoms with Crippen LogP contribution in [0.4, 0.5) is 0 Å². The van der Waals surface area contributed by atoms with Gasteiger partial charge in [-0.3, -0.25) is 4.52 Å². The fourth-order valence-corrected chi connectivity index (χ4v) is 9.33. The smallest absolute Gasteiger partial charge is 0.302 e. The van der Waals surface area contributed by atoms with Gasteiger partial charge in [0.25, 0.3) is 0 Å². The molecule has 0 aromatic rings. The Bertz CT molecular complexity index is 734. The van der Waals surface area contributed by atoms with Crippen LogP contribution in [0.25, 0.3) is 0 Å². The molecule has 7 nitrogen and oxygen atoms in total. The fraction of sp³-hybridized carbons (Fsp3) is 0.900. The van der Waals surface area contributed by atoms with Gasteiger partial charge in [0, 0.05) is 5.41 Å². The molecule has 4 aliphatic carbocycles. The van der Waals surface area contributed by atoms with E-state index in [1.54, 1.807) is 0 Å². The third-order valence-corrected chi connectivity index (χ3v) is 10.5. The second-order valence-electron chi connectivity index (χ2n) is 9.55. The predicted molar refractivity (Wildman–Crippen MR) is 109 cm³/mol. The summed E-state index contributed by atoms with van der Waals surface area (Å²) in [6.45, 7) is 1.89. The van der Waals surface area contributed by atoms with Crippen molar-refractivity contribution in [2.45, 2.75) is 77.2 Å². The molecule has 8 atom stereocenters. The van der Waals surface area contributed by atoms with E-state index < -0.39 is 21.7 Å². The molecule has 3 fully saturated rings. The lowest BCUT2D eigenvalue weighted by Gasteiger charge is -2.56. The lowest BCUT2D eigenvalue weighted by Crippen LogP contribution is -2.51. The Morgan fingerprint density at radius 2 is 1.79 bits per heavy atom. The zero-order chi connectivity index (χ0) is 20.9. The molecule has 3 unspecified atom stereocenters. The molecule has 3 saturated carbocycles. The minimum absolute atomic E-state index is 0.353. The van der Waals surface area contributed by atoms with Gasteiger partial charge in [-0.15, -0.1) is 0 Å². The highest BCUT2D eigenvalue weighted by atomic mass is 31.3. The molecule has 166 valence electrons. The van der Waals surface area contributed by atoms with Crippen LogP contribution in [-0.4, -0.2) is 20.8 Å². The summed E-state index contributed by atoms with van der Waals surface area (Å²) in [7, 11) is -9.99. The Morgan fingerprint density at radius 1 is 1.03 bits per heavy atom. The van der Waals surface area contributed by atoms with E-state index in [4.69, 9.17) is 14.3 Å². The summed E-state index contributed by atoms with van der Waals surface area (Å²) in [5.74, 6) is 3.39. The summed E-state index contributed by atoms with van der Waals surface area (Å²) in [6.07, 6.45) is 15.1. The monoisotopic (exact) mass is 448 g/mol. The topological polar surface area (TPSA) is 113 Å². The van der Waals surface area contributed by atoms with E-state index in [1.807, 2.05) is 6.92 Å². The molecule has 0 bridgehead atoms. The highest BCUT2D eigenvalue weighted by Crippen LogP contribution is 2.65. The van der Waals surface area contributed by atoms with Gasteiger partial charge in [-0.2, -0.15) is 4.31 Å². The van der Waals surface area contributed by atoms with Crippen LogP contribution >= 0.6 is 15.6 Å². The van der Waals surface area contributed by atoms with E-state index in [1.165, 1.54) is 38.5 Å². The third kappa shape index (κ3) is 4.35. The lowest BCUT2D eigenvalue weighted by molar-refractivity contribution is -0.0885. The SMILES string of the molecule is CCC(OP(=O)(O)OP(=O)(O)O)[C@@]12C=CC[C@H]1[C@@H]1CCC3CCCC[C@@H]3[C@H]1CC2. The number of hydrogen-bond acceptors (Lipinski definition) is 4. The summed E-state index contributed by atoms with van der Waals surface area (Å²) in [6, 6.07) is 0. The Morgan fingerprint density at radius 3 is 2.52 bits per heavy atom. The van der Waals surface area contributed by atoms with Gasteiger partial charge in [0.1, 0.15) is 0 Å². The standard InChI is InChI=1S/C20H34O7P2/c1-2-19(26-29(24,25)27-28(21,22)23)20-12-5-8-18(20)17-10-9-14-6-3-4-7-15(14)16(17)11-13-20/h5,12,14-19H,2-4,6-11,13H2,1H3,(H,24,25)(H2,21,22,23)/t14?,15-,16+,17+,18-,19?,20+/m0/s1. The average molecular weight is 448 g/mol. The maximum atomic E-state index is 12.3. The van der Waals surface area contributed by atoms with Crippen LogP contribution in [0.15, 0.2) is 12.2 Å². The normalized spacial score (nSPS) is 42.4. The average Bonchev–Trinajstić information content (AvgIpc) is 3.09. The number of hydrogen-bond donors (Lipinski definition) is 3. The van der Waals surface area contributed by atoms with E-state index in [2.05, 4.69) is 16.5 Å². The molecular weight excluding hydrogens is 414 g/mol. The predicted octanol–water partition coefficient (Wildman–Crippen LogP) is 5.18. The highest BCUT2D eigenvalue weighted by molar-refractivity contribution is 7.60. The van der Waals surface area contributed by atoms with Gasteiger partial charge in [-0.05, 0) is 74.5 Å². The molecule has 0 aromatic heterocycles. The highest BCUT2D eigenvalue weighted by Gasteiger charge is 2.57. The molecule has 0 spiro atoms. The molecule has 4 aliphatic rings. The molecular formula is C20H34O7P2. The third-order valence-electron chi connectivity index (χ3n) is 8.31. The van der Waals surface area contributed by atoms with Crippen LogP contribution in [0, 0.1) is 35.0 Å². The molecule has 0 radical (unpaired) electrons. The first-order chi connectivity index (χ1) is 13.7. The van der Waals surface area contributed by atoms with E-state index in [0.29, 0.717) is 18.3 Å². The Kier molecular flexibility index (Phi) is 6.25. The van der Waals surface area contributed by atoms with Gasteiger partial charge in [-0.1, -0.05) is 38.3 Å². The molecule has 0 aromatic carbocycles.